The van der Waals surface area contributed by atoms with Crippen molar-refractivity contribution >= 4 is 23.1 Å². The van der Waals surface area contributed by atoms with Crippen LogP contribution in [-0.4, -0.2) is 37.3 Å². The van der Waals surface area contributed by atoms with Crippen LogP contribution in [0.5, 0.6) is 0 Å². The first-order valence-corrected chi connectivity index (χ1v) is 9.80. The summed E-state index contributed by atoms with van der Waals surface area (Å²) >= 11 is 0. The fourth-order valence-corrected chi connectivity index (χ4v) is 3.11. The highest BCUT2D eigenvalue weighted by molar-refractivity contribution is 6.15. The normalized spacial score (nSPS) is 9.94. The number of nitro benzene ring substituents is 1. The first-order valence-electron chi connectivity index (χ1n) is 9.80. The third-order valence-electron chi connectivity index (χ3n) is 4.68. The molecule has 0 saturated heterocycles. The summed E-state index contributed by atoms with van der Waals surface area (Å²) in [5.41, 5.74) is 1.51. The van der Waals surface area contributed by atoms with E-state index in [2.05, 4.69) is 17.2 Å². The zero-order valence-electron chi connectivity index (χ0n) is 17.7. The van der Waals surface area contributed by atoms with Crippen LogP contribution >= 0.6 is 0 Å². The molecule has 160 valence electrons. The first-order chi connectivity index (χ1) is 15.4. The fourth-order valence-electron chi connectivity index (χ4n) is 3.11. The molecular weight excluding hydrogens is 406 g/mol. The molecule has 0 radical (unpaired) electrons. The molecule has 0 spiro atoms. The van der Waals surface area contributed by atoms with Crippen LogP contribution in [0.1, 0.15) is 31.8 Å². The van der Waals surface area contributed by atoms with Crippen molar-refractivity contribution in [3.63, 3.8) is 0 Å². The van der Waals surface area contributed by atoms with Crippen LogP contribution in [0.25, 0.3) is 0 Å². The van der Waals surface area contributed by atoms with Gasteiger partial charge < -0.3 is 10.2 Å². The summed E-state index contributed by atoms with van der Waals surface area (Å²) in [7, 11) is 3.37. The minimum atomic E-state index is -0.532. The van der Waals surface area contributed by atoms with E-state index >= 15 is 0 Å². The molecule has 0 heterocycles. The number of nitrogens with one attached hydrogen (secondary N) is 1. The fraction of sp³-hybridized carbons (Fsp3) is 0.120. The number of nitro groups is 1. The Hall–Kier alpha value is -4.44. The van der Waals surface area contributed by atoms with E-state index in [1.165, 1.54) is 30.3 Å². The van der Waals surface area contributed by atoms with Crippen LogP contribution in [0.2, 0.25) is 0 Å². The topological polar surface area (TPSA) is 92.6 Å². The van der Waals surface area contributed by atoms with Crippen molar-refractivity contribution in [2.24, 2.45) is 0 Å². The van der Waals surface area contributed by atoms with E-state index < -0.39 is 16.6 Å². The molecule has 7 heteroatoms. The van der Waals surface area contributed by atoms with E-state index in [0.717, 1.165) is 5.56 Å². The summed E-state index contributed by atoms with van der Waals surface area (Å²) in [5, 5.41) is 14.1. The number of benzene rings is 3. The van der Waals surface area contributed by atoms with E-state index in [1.807, 2.05) is 30.3 Å². The SMILES string of the molecule is CN(C)c1ccc(C(=O)c2ccccc2C(=O)NCC#Cc2ccccc2)cc1[N+](=O)[O-]. The smallest absolute Gasteiger partial charge is 0.293 e. The van der Waals surface area contributed by atoms with E-state index in [9.17, 15) is 19.7 Å². The van der Waals surface area contributed by atoms with Gasteiger partial charge in [0.2, 0.25) is 0 Å². The van der Waals surface area contributed by atoms with Crippen LogP contribution in [0.4, 0.5) is 11.4 Å². The van der Waals surface area contributed by atoms with E-state index in [4.69, 9.17) is 0 Å². The molecule has 1 N–H and O–H groups in total. The third kappa shape index (κ3) is 5.18. The molecule has 0 aliphatic carbocycles. The van der Waals surface area contributed by atoms with Gasteiger partial charge in [0.15, 0.2) is 5.78 Å². The van der Waals surface area contributed by atoms with Gasteiger partial charge in [-0.3, -0.25) is 19.7 Å². The van der Waals surface area contributed by atoms with Crippen LogP contribution in [0.3, 0.4) is 0 Å². The van der Waals surface area contributed by atoms with Crippen LogP contribution in [0.15, 0.2) is 72.8 Å². The molecule has 1 amide bonds. The number of rotatable bonds is 6. The molecule has 0 aliphatic rings. The molecular formula is C25H21N3O4. The van der Waals surface area contributed by atoms with Gasteiger partial charge in [-0.05, 0) is 30.3 Å². The Morgan fingerprint density at radius 3 is 2.28 bits per heavy atom. The Morgan fingerprint density at radius 2 is 1.62 bits per heavy atom. The average Bonchev–Trinajstić information content (AvgIpc) is 2.81. The third-order valence-corrected chi connectivity index (χ3v) is 4.68. The Balaban J connectivity index is 1.82. The van der Waals surface area contributed by atoms with Gasteiger partial charge in [0, 0.05) is 36.9 Å². The summed E-state index contributed by atoms with van der Waals surface area (Å²) in [6.07, 6.45) is 0. The number of hydrogen-bond donors (Lipinski definition) is 1. The van der Waals surface area contributed by atoms with E-state index in [-0.39, 0.29) is 28.9 Å². The summed E-state index contributed by atoms with van der Waals surface area (Å²) in [5.74, 6) is 4.90. The van der Waals surface area contributed by atoms with E-state index in [0.29, 0.717) is 5.69 Å². The van der Waals surface area contributed by atoms with Crippen LogP contribution in [0, 0.1) is 22.0 Å². The van der Waals surface area contributed by atoms with Crippen LogP contribution < -0.4 is 10.2 Å². The monoisotopic (exact) mass is 427 g/mol. The highest BCUT2D eigenvalue weighted by Crippen LogP contribution is 2.29. The molecule has 3 aromatic carbocycles. The number of hydrogen-bond acceptors (Lipinski definition) is 5. The van der Waals surface area contributed by atoms with Crippen molar-refractivity contribution in [2.45, 2.75) is 0 Å². The van der Waals surface area contributed by atoms with Gasteiger partial charge in [-0.1, -0.05) is 48.2 Å². The van der Waals surface area contributed by atoms with Crippen molar-refractivity contribution in [3.8, 4) is 11.8 Å². The second kappa shape index (κ2) is 10.0. The highest BCUT2D eigenvalue weighted by atomic mass is 16.6. The predicted octanol–water partition coefficient (Wildman–Crippen LogP) is 3.67. The van der Waals surface area contributed by atoms with Gasteiger partial charge in [-0.25, -0.2) is 0 Å². The molecule has 0 saturated carbocycles. The summed E-state index contributed by atoms with van der Waals surface area (Å²) in [4.78, 5) is 38.3. The number of ketones is 1. The van der Waals surface area contributed by atoms with Gasteiger partial charge in [0.25, 0.3) is 11.6 Å². The minimum Gasteiger partial charge on any atom is -0.372 e. The summed E-state index contributed by atoms with van der Waals surface area (Å²) in [6.45, 7) is 0.110. The number of carbonyl (C=O) groups is 2. The van der Waals surface area contributed by atoms with Crippen molar-refractivity contribution < 1.29 is 14.5 Å². The lowest BCUT2D eigenvalue weighted by molar-refractivity contribution is -0.384. The van der Waals surface area contributed by atoms with Gasteiger partial charge in [-0.2, -0.15) is 0 Å². The van der Waals surface area contributed by atoms with E-state index in [1.54, 1.807) is 31.1 Å². The summed E-state index contributed by atoms with van der Waals surface area (Å²) in [6, 6.07) is 20.0. The standard InChI is InChI=1S/C25H21N3O4/c1-27(2)22-15-14-19(17-23(22)28(31)32)24(29)20-12-6-7-13-21(20)25(30)26-16-8-11-18-9-4-3-5-10-18/h3-7,9-10,12-15,17H,16H2,1-2H3,(H,26,30). The molecule has 0 aliphatic heterocycles. The average molecular weight is 427 g/mol. The van der Waals surface area contributed by atoms with Gasteiger partial charge in [0.1, 0.15) is 5.69 Å². The quantitative estimate of drug-likeness (QED) is 0.280. The molecule has 0 aromatic heterocycles. The maximum absolute atomic E-state index is 13.1. The van der Waals surface area contributed by atoms with Gasteiger partial charge in [-0.15, -0.1) is 0 Å². The zero-order valence-corrected chi connectivity index (χ0v) is 17.7. The number of amides is 1. The Morgan fingerprint density at radius 1 is 0.969 bits per heavy atom. The maximum atomic E-state index is 13.1. The Kier molecular flexibility index (Phi) is 6.99. The number of carbonyl (C=O) groups excluding carboxylic acids is 2. The molecule has 3 aromatic rings. The Bertz CT molecular complexity index is 1220. The molecule has 32 heavy (non-hydrogen) atoms. The van der Waals surface area contributed by atoms with Crippen molar-refractivity contribution in [1.82, 2.24) is 5.32 Å². The highest BCUT2D eigenvalue weighted by Gasteiger charge is 2.22. The molecule has 0 unspecified atom stereocenters. The Labute approximate surface area is 185 Å². The lowest BCUT2D eigenvalue weighted by Crippen LogP contribution is -2.25. The predicted molar refractivity (Wildman–Crippen MR) is 123 cm³/mol. The number of nitrogens with zero attached hydrogens (tertiary/aromatic N) is 2. The minimum absolute atomic E-state index is 0.110. The lowest BCUT2D eigenvalue weighted by atomic mass is 9.97. The molecule has 0 bridgehead atoms. The largest absolute Gasteiger partial charge is 0.372 e. The zero-order chi connectivity index (χ0) is 23.1. The van der Waals surface area contributed by atoms with Crippen molar-refractivity contribution in [2.75, 3.05) is 25.5 Å². The lowest BCUT2D eigenvalue weighted by Gasteiger charge is -2.14. The number of anilines is 1. The first kappa shape index (κ1) is 22.2. The van der Waals surface area contributed by atoms with Gasteiger partial charge in [0.05, 0.1) is 17.0 Å². The molecule has 7 nitrogen and oxygen atoms in total. The van der Waals surface area contributed by atoms with Crippen molar-refractivity contribution in [3.05, 3.63) is 105 Å². The second-order valence-corrected chi connectivity index (χ2v) is 7.08. The molecule has 0 fully saturated rings. The summed E-state index contributed by atoms with van der Waals surface area (Å²) < 4.78 is 0. The molecule has 0 atom stereocenters. The molecule has 3 rings (SSSR count). The van der Waals surface area contributed by atoms with Gasteiger partial charge >= 0.3 is 0 Å². The second-order valence-electron chi connectivity index (χ2n) is 7.08. The van der Waals surface area contributed by atoms with Crippen molar-refractivity contribution in [1.29, 1.82) is 0 Å². The van der Waals surface area contributed by atoms with Crippen LogP contribution in [-0.2, 0) is 0 Å². The maximum Gasteiger partial charge on any atom is 0.293 e.